The molecule has 1 aromatic rings. The van der Waals surface area contributed by atoms with Gasteiger partial charge >= 0.3 is 13.5 Å². The molecule has 2 heterocycles. The lowest BCUT2D eigenvalue weighted by Crippen LogP contribution is -2.35. The van der Waals surface area contributed by atoms with Crippen molar-refractivity contribution in [3.05, 3.63) is 29.2 Å². The van der Waals surface area contributed by atoms with Gasteiger partial charge in [-0.25, -0.2) is 18.1 Å². The second kappa shape index (κ2) is 13.5. The molecule has 1 aliphatic heterocycles. The maximum Gasteiger partial charge on any atom is 0.472 e. The molecule has 2 rings (SSSR count). The van der Waals surface area contributed by atoms with Crippen LogP contribution in [-0.4, -0.2) is 39.7 Å². The fourth-order valence-electron chi connectivity index (χ4n) is 3.54. The lowest BCUT2D eigenvalue weighted by molar-refractivity contribution is -0.115. The molecule has 0 spiro atoms. The molecule has 0 bridgehead atoms. The van der Waals surface area contributed by atoms with E-state index in [2.05, 4.69) is 11.9 Å². The first-order valence-corrected chi connectivity index (χ1v) is 13.0. The zero-order valence-corrected chi connectivity index (χ0v) is 19.9. The first-order chi connectivity index (χ1) is 15.6. The fraction of sp³-hybridized carbons (Fsp3) is 0.762. The van der Waals surface area contributed by atoms with Gasteiger partial charge in [0, 0.05) is 6.20 Å². The summed E-state index contributed by atoms with van der Waals surface area (Å²) >= 11 is 0. The van der Waals surface area contributed by atoms with Gasteiger partial charge in [0.1, 0.15) is 5.82 Å². The standard InChI is InChI=1S/C21H35F2N3O6P/c1-2-3-4-5-6-7-8-9-10-11-14-30-33(28,29)31-16-17-15-21(22,23)19(32-17)26-13-12-18(24)25-20(26)27/h12-13,15,17,19H,2-11,14,16H2,1H3,(H,28,29)(H2,24,25,27)/t17-,19-/m1/s1. The Morgan fingerprint density at radius 3 is 2.36 bits per heavy atom. The highest BCUT2D eigenvalue weighted by Crippen LogP contribution is 2.46. The predicted octanol–water partition coefficient (Wildman–Crippen LogP) is 4.62. The maximum atomic E-state index is 14.3. The minimum Gasteiger partial charge on any atom is -0.383 e. The summed E-state index contributed by atoms with van der Waals surface area (Å²) in [6.07, 6.45) is 9.39. The molecule has 1 fully saturated rings. The van der Waals surface area contributed by atoms with Crippen LogP contribution in [0, 0.1) is 6.42 Å². The van der Waals surface area contributed by atoms with Crippen LogP contribution in [0.15, 0.2) is 17.1 Å². The summed E-state index contributed by atoms with van der Waals surface area (Å²) < 4.78 is 56.0. The lowest BCUT2D eigenvalue weighted by Gasteiger charge is -2.19. The van der Waals surface area contributed by atoms with Gasteiger partial charge in [-0.15, -0.1) is 0 Å². The molecular weight excluding hydrogens is 459 g/mol. The third-order valence-corrected chi connectivity index (χ3v) is 6.28. The smallest absolute Gasteiger partial charge is 0.383 e. The Balaban J connectivity index is 1.64. The number of nitrogens with zero attached hydrogens (tertiary/aromatic N) is 2. The molecule has 0 aromatic carbocycles. The van der Waals surface area contributed by atoms with Gasteiger partial charge in [-0.05, 0) is 12.5 Å². The molecule has 1 saturated heterocycles. The summed E-state index contributed by atoms with van der Waals surface area (Å²) in [5.41, 5.74) is 4.37. The topological polar surface area (TPSA) is 126 Å². The van der Waals surface area contributed by atoms with E-state index in [0.717, 1.165) is 25.5 Å². The number of hydrogen-bond acceptors (Lipinski definition) is 7. The normalized spacial score (nSPS) is 21.8. The summed E-state index contributed by atoms with van der Waals surface area (Å²) in [5.74, 6) is -3.63. The number of unbranched alkanes of at least 4 members (excludes halogenated alkanes) is 9. The van der Waals surface area contributed by atoms with Crippen molar-refractivity contribution in [2.24, 2.45) is 0 Å². The van der Waals surface area contributed by atoms with E-state index in [-0.39, 0.29) is 12.4 Å². The van der Waals surface area contributed by atoms with Crippen LogP contribution in [0.1, 0.15) is 77.4 Å². The van der Waals surface area contributed by atoms with E-state index in [0.29, 0.717) is 17.4 Å². The van der Waals surface area contributed by atoms with E-state index in [9.17, 15) is 23.0 Å². The van der Waals surface area contributed by atoms with Gasteiger partial charge in [0.05, 0.1) is 25.7 Å². The van der Waals surface area contributed by atoms with Gasteiger partial charge in [0.2, 0.25) is 6.23 Å². The van der Waals surface area contributed by atoms with Gasteiger partial charge in [0.25, 0.3) is 5.92 Å². The zero-order valence-electron chi connectivity index (χ0n) is 19.0. The highest BCUT2D eigenvalue weighted by Gasteiger charge is 2.52. The lowest BCUT2D eigenvalue weighted by atomic mass is 10.1. The van der Waals surface area contributed by atoms with Crippen LogP contribution in [-0.2, 0) is 18.3 Å². The number of alkyl halides is 2. The Morgan fingerprint density at radius 2 is 1.76 bits per heavy atom. The number of phosphoric acid groups is 1. The van der Waals surface area contributed by atoms with Crippen molar-refractivity contribution in [1.29, 1.82) is 0 Å². The number of nitrogen functional groups attached to an aromatic ring is 1. The first kappa shape index (κ1) is 27.9. The van der Waals surface area contributed by atoms with E-state index < -0.39 is 38.4 Å². The van der Waals surface area contributed by atoms with Crippen LogP contribution in [0.4, 0.5) is 14.6 Å². The van der Waals surface area contributed by atoms with Crippen molar-refractivity contribution < 1.29 is 32.0 Å². The summed E-state index contributed by atoms with van der Waals surface area (Å²) in [4.78, 5) is 25.0. The average molecular weight is 494 g/mol. The van der Waals surface area contributed by atoms with Crippen LogP contribution in [0.2, 0.25) is 0 Å². The number of hydrogen-bond donors (Lipinski definition) is 2. The second-order valence-electron chi connectivity index (χ2n) is 8.19. The monoisotopic (exact) mass is 494 g/mol. The molecule has 12 heteroatoms. The molecule has 33 heavy (non-hydrogen) atoms. The van der Waals surface area contributed by atoms with Crippen LogP contribution in [0.3, 0.4) is 0 Å². The van der Waals surface area contributed by atoms with Gasteiger partial charge < -0.3 is 15.4 Å². The number of anilines is 1. The van der Waals surface area contributed by atoms with Gasteiger partial charge in [-0.3, -0.25) is 13.6 Å². The van der Waals surface area contributed by atoms with Gasteiger partial charge in [-0.2, -0.15) is 4.98 Å². The SMILES string of the molecule is CCCCCCCCCCCCOP(=O)(O)OC[C@H]1[CH]C(F)(F)[C@H](n2ccc(N)nc2=O)O1. The second-order valence-corrected chi connectivity index (χ2v) is 9.64. The largest absolute Gasteiger partial charge is 0.472 e. The molecular formula is C21H35F2N3O6P. The number of rotatable bonds is 16. The average Bonchev–Trinajstić information content (AvgIpc) is 3.05. The van der Waals surface area contributed by atoms with Crippen molar-refractivity contribution in [1.82, 2.24) is 9.55 Å². The van der Waals surface area contributed by atoms with E-state index in [1.165, 1.54) is 44.6 Å². The molecule has 1 aromatic heterocycles. The molecule has 1 radical (unpaired) electrons. The fourth-order valence-corrected chi connectivity index (χ4v) is 4.31. The van der Waals surface area contributed by atoms with Gasteiger partial charge in [0.15, 0.2) is 0 Å². The molecule has 3 atom stereocenters. The van der Waals surface area contributed by atoms with Crippen LogP contribution in [0.25, 0.3) is 0 Å². The first-order valence-electron chi connectivity index (χ1n) is 11.5. The van der Waals surface area contributed by atoms with Crippen molar-refractivity contribution >= 4 is 13.6 Å². The third-order valence-electron chi connectivity index (χ3n) is 5.30. The van der Waals surface area contributed by atoms with Crippen molar-refractivity contribution in [3.8, 4) is 0 Å². The number of nitrogens with two attached hydrogens (primary N) is 1. The number of phosphoric ester groups is 1. The van der Waals surface area contributed by atoms with Crippen LogP contribution >= 0.6 is 7.82 Å². The number of aromatic nitrogens is 2. The quantitative estimate of drug-likeness (QED) is 0.252. The van der Waals surface area contributed by atoms with E-state index in [1.54, 1.807) is 0 Å². The highest BCUT2D eigenvalue weighted by molar-refractivity contribution is 7.47. The Labute approximate surface area is 193 Å². The molecule has 9 nitrogen and oxygen atoms in total. The van der Waals surface area contributed by atoms with E-state index >= 15 is 0 Å². The molecule has 1 aliphatic rings. The van der Waals surface area contributed by atoms with Crippen molar-refractivity contribution in [3.63, 3.8) is 0 Å². The summed E-state index contributed by atoms with van der Waals surface area (Å²) in [6.45, 7) is 1.59. The minimum atomic E-state index is -4.41. The van der Waals surface area contributed by atoms with E-state index in [4.69, 9.17) is 19.5 Å². The highest BCUT2D eigenvalue weighted by atomic mass is 31.2. The molecule has 0 amide bonds. The number of halogens is 2. The Hall–Kier alpha value is -1.39. The predicted molar refractivity (Wildman–Crippen MR) is 120 cm³/mol. The molecule has 0 saturated carbocycles. The summed E-state index contributed by atoms with van der Waals surface area (Å²) in [5, 5.41) is 0. The van der Waals surface area contributed by atoms with Gasteiger partial charge in [-0.1, -0.05) is 64.7 Å². The Bertz CT molecular complexity index is 825. The number of ether oxygens (including phenoxy) is 1. The Morgan fingerprint density at radius 1 is 1.15 bits per heavy atom. The minimum absolute atomic E-state index is 0.0325. The summed E-state index contributed by atoms with van der Waals surface area (Å²) in [6, 6.07) is 1.19. The zero-order chi connectivity index (χ0) is 24.3. The van der Waals surface area contributed by atoms with Crippen molar-refractivity contribution in [2.75, 3.05) is 18.9 Å². The maximum absolute atomic E-state index is 14.3. The van der Waals surface area contributed by atoms with Crippen LogP contribution in [0.5, 0.6) is 0 Å². The third kappa shape index (κ3) is 9.78. The summed E-state index contributed by atoms with van der Waals surface area (Å²) in [7, 11) is -4.41. The molecule has 189 valence electrons. The molecule has 0 aliphatic carbocycles. The Kier molecular flexibility index (Phi) is 11.4. The molecule has 3 N–H and O–H groups in total. The van der Waals surface area contributed by atoms with Crippen LogP contribution < -0.4 is 11.4 Å². The van der Waals surface area contributed by atoms with Crippen molar-refractivity contribution in [2.45, 2.75) is 89.4 Å². The van der Waals surface area contributed by atoms with E-state index in [1.807, 2.05) is 0 Å². The molecule has 1 unspecified atom stereocenters.